The van der Waals surface area contributed by atoms with Crippen molar-refractivity contribution in [3.8, 4) is 11.3 Å². The molecular formula is C16H16N2O. The number of amides is 1. The van der Waals surface area contributed by atoms with Gasteiger partial charge >= 0.3 is 0 Å². The highest BCUT2D eigenvalue weighted by Gasteiger charge is 2.22. The van der Waals surface area contributed by atoms with E-state index in [1.54, 1.807) is 0 Å². The van der Waals surface area contributed by atoms with Gasteiger partial charge in [-0.15, -0.1) is 0 Å². The fourth-order valence-corrected chi connectivity index (χ4v) is 2.69. The molecular weight excluding hydrogens is 236 g/mol. The highest BCUT2D eigenvalue weighted by Crippen LogP contribution is 2.31. The lowest BCUT2D eigenvalue weighted by molar-refractivity contribution is -0.120. The van der Waals surface area contributed by atoms with Gasteiger partial charge in [-0.25, -0.2) is 0 Å². The Morgan fingerprint density at radius 3 is 2.95 bits per heavy atom. The summed E-state index contributed by atoms with van der Waals surface area (Å²) in [6.07, 6.45) is 3.67. The van der Waals surface area contributed by atoms with Crippen molar-refractivity contribution >= 4 is 6.41 Å². The third kappa shape index (κ3) is 2.12. The van der Waals surface area contributed by atoms with E-state index < -0.39 is 0 Å². The topological polar surface area (TPSA) is 33.2 Å². The molecule has 0 fully saturated rings. The van der Waals surface area contributed by atoms with Crippen molar-refractivity contribution in [3.63, 3.8) is 0 Å². The molecule has 3 nitrogen and oxygen atoms in total. The number of benzene rings is 1. The van der Waals surface area contributed by atoms with Crippen LogP contribution in [0.5, 0.6) is 0 Å². The third-order valence-corrected chi connectivity index (χ3v) is 3.83. The van der Waals surface area contributed by atoms with Crippen LogP contribution in [0.15, 0.2) is 42.6 Å². The van der Waals surface area contributed by atoms with Crippen LogP contribution in [-0.2, 0) is 11.2 Å². The van der Waals surface area contributed by atoms with Crippen LogP contribution in [-0.4, -0.2) is 22.8 Å². The lowest BCUT2D eigenvalue weighted by Gasteiger charge is -2.32. The summed E-state index contributed by atoms with van der Waals surface area (Å²) in [5.41, 5.74) is 4.72. The number of pyridine rings is 1. The normalized spacial score (nSPS) is 17.9. The molecule has 1 aliphatic rings. The fraction of sp³-hybridized carbons (Fsp3) is 0.250. The van der Waals surface area contributed by atoms with Gasteiger partial charge in [0.1, 0.15) is 0 Å². The molecule has 3 rings (SSSR count). The zero-order valence-electron chi connectivity index (χ0n) is 10.9. The summed E-state index contributed by atoms with van der Waals surface area (Å²) < 4.78 is 0. The molecule has 0 radical (unpaired) electrons. The molecule has 0 saturated carbocycles. The molecule has 0 spiro atoms. The van der Waals surface area contributed by atoms with Crippen LogP contribution in [0, 0.1) is 0 Å². The average Bonchev–Trinajstić information content (AvgIpc) is 2.48. The Morgan fingerprint density at radius 1 is 1.32 bits per heavy atom. The van der Waals surface area contributed by atoms with Crippen LogP contribution in [0.2, 0.25) is 0 Å². The van der Waals surface area contributed by atoms with Crippen LogP contribution in [0.1, 0.15) is 24.1 Å². The van der Waals surface area contributed by atoms with E-state index in [2.05, 4.69) is 30.1 Å². The second-order valence-electron chi connectivity index (χ2n) is 4.90. The molecule has 1 aromatic carbocycles. The summed E-state index contributed by atoms with van der Waals surface area (Å²) in [6.45, 7) is 2.87. The second-order valence-corrected chi connectivity index (χ2v) is 4.90. The first kappa shape index (κ1) is 11.9. The fourth-order valence-electron chi connectivity index (χ4n) is 2.69. The molecule has 3 heteroatoms. The van der Waals surface area contributed by atoms with Gasteiger partial charge in [0.2, 0.25) is 6.41 Å². The Labute approximate surface area is 112 Å². The van der Waals surface area contributed by atoms with Crippen LogP contribution in [0.4, 0.5) is 0 Å². The predicted molar refractivity (Wildman–Crippen MR) is 74.6 cm³/mol. The van der Waals surface area contributed by atoms with Crippen molar-refractivity contribution in [1.82, 2.24) is 9.88 Å². The summed E-state index contributed by atoms with van der Waals surface area (Å²) in [7, 11) is 0. The lowest BCUT2D eigenvalue weighted by Crippen LogP contribution is -2.32. The number of hydrogen-bond acceptors (Lipinski definition) is 2. The Bertz CT molecular complexity index is 595. The number of fused-ring (bicyclic) bond motifs is 1. The molecule has 0 saturated heterocycles. The van der Waals surface area contributed by atoms with E-state index in [0.717, 1.165) is 30.6 Å². The Hall–Kier alpha value is -2.16. The molecule has 0 aliphatic carbocycles. The molecule has 96 valence electrons. The van der Waals surface area contributed by atoms with Crippen LogP contribution in [0.25, 0.3) is 11.3 Å². The Balaban J connectivity index is 2.00. The monoisotopic (exact) mass is 252 g/mol. The van der Waals surface area contributed by atoms with Crippen LogP contribution < -0.4 is 0 Å². The Kier molecular flexibility index (Phi) is 3.03. The largest absolute Gasteiger partial charge is 0.338 e. The van der Waals surface area contributed by atoms with Crippen molar-refractivity contribution < 1.29 is 4.79 Å². The van der Waals surface area contributed by atoms with Crippen molar-refractivity contribution in [3.05, 3.63) is 53.7 Å². The molecule has 19 heavy (non-hydrogen) atoms. The van der Waals surface area contributed by atoms with Crippen LogP contribution in [0.3, 0.4) is 0 Å². The predicted octanol–water partition coefficient (Wildman–Crippen LogP) is 2.82. The van der Waals surface area contributed by atoms with Gasteiger partial charge in [0, 0.05) is 18.3 Å². The van der Waals surface area contributed by atoms with Gasteiger partial charge in [0.25, 0.3) is 0 Å². The number of rotatable bonds is 2. The number of carbonyl (C=O) groups excluding carboxylic acids is 1. The summed E-state index contributed by atoms with van der Waals surface area (Å²) in [5, 5.41) is 0. The molecule has 1 amide bonds. The van der Waals surface area contributed by atoms with Gasteiger partial charge in [-0.2, -0.15) is 0 Å². The minimum Gasteiger partial charge on any atom is -0.338 e. The first-order valence-corrected chi connectivity index (χ1v) is 6.55. The standard InChI is InChI=1S/C16H16N2O/c1-12-15-6-5-14(16-4-2-3-8-17-16)10-13(15)7-9-18(12)11-19/h2-6,8,10-12H,7,9H2,1H3. The summed E-state index contributed by atoms with van der Waals surface area (Å²) in [5.74, 6) is 0. The lowest BCUT2D eigenvalue weighted by atomic mass is 9.91. The van der Waals surface area contributed by atoms with E-state index in [4.69, 9.17) is 0 Å². The molecule has 2 heterocycles. The first-order chi connectivity index (χ1) is 9.29. The quantitative estimate of drug-likeness (QED) is 0.770. The van der Waals surface area contributed by atoms with E-state index in [-0.39, 0.29) is 6.04 Å². The molecule has 1 unspecified atom stereocenters. The highest BCUT2D eigenvalue weighted by atomic mass is 16.1. The second kappa shape index (κ2) is 4.84. The van der Waals surface area contributed by atoms with Crippen molar-refractivity contribution in [1.29, 1.82) is 0 Å². The molecule has 0 bridgehead atoms. The molecule has 1 atom stereocenters. The smallest absolute Gasteiger partial charge is 0.210 e. The average molecular weight is 252 g/mol. The summed E-state index contributed by atoms with van der Waals surface area (Å²) in [6, 6.07) is 12.5. The minimum absolute atomic E-state index is 0.166. The van der Waals surface area contributed by atoms with E-state index in [0.29, 0.717) is 0 Å². The van der Waals surface area contributed by atoms with E-state index in [1.165, 1.54) is 11.1 Å². The van der Waals surface area contributed by atoms with E-state index in [1.807, 2.05) is 29.3 Å². The SMILES string of the molecule is CC1c2ccc(-c3ccccn3)cc2CCN1C=O. The maximum atomic E-state index is 11.0. The first-order valence-electron chi connectivity index (χ1n) is 6.55. The maximum Gasteiger partial charge on any atom is 0.210 e. The number of aromatic nitrogens is 1. The van der Waals surface area contributed by atoms with Gasteiger partial charge < -0.3 is 4.90 Å². The maximum absolute atomic E-state index is 11.0. The minimum atomic E-state index is 0.166. The number of nitrogens with zero attached hydrogens (tertiary/aromatic N) is 2. The highest BCUT2D eigenvalue weighted by molar-refractivity contribution is 5.62. The molecule has 1 aromatic heterocycles. The molecule has 0 N–H and O–H groups in total. The zero-order chi connectivity index (χ0) is 13.2. The Morgan fingerprint density at radius 2 is 2.21 bits per heavy atom. The summed E-state index contributed by atoms with van der Waals surface area (Å²) >= 11 is 0. The molecule has 2 aromatic rings. The van der Waals surface area contributed by atoms with Crippen molar-refractivity contribution in [2.75, 3.05) is 6.54 Å². The van der Waals surface area contributed by atoms with Gasteiger partial charge in [0.15, 0.2) is 0 Å². The van der Waals surface area contributed by atoms with Gasteiger partial charge in [-0.05, 0) is 42.7 Å². The van der Waals surface area contributed by atoms with Gasteiger partial charge in [-0.3, -0.25) is 9.78 Å². The van der Waals surface area contributed by atoms with Gasteiger partial charge in [-0.1, -0.05) is 18.2 Å². The number of carbonyl (C=O) groups is 1. The number of hydrogen-bond donors (Lipinski definition) is 0. The van der Waals surface area contributed by atoms with Gasteiger partial charge in [0.05, 0.1) is 11.7 Å². The third-order valence-electron chi connectivity index (χ3n) is 3.83. The van der Waals surface area contributed by atoms with E-state index >= 15 is 0 Å². The van der Waals surface area contributed by atoms with Crippen LogP contribution >= 0.6 is 0 Å². The van der Waals surface area contributed by atoms with E-state index in [9.17, 15) is 4.79 Å². The molecule has 1 aliphatic heterocycles. The van der Waals surface area contributed by atoms with Crippen molar-refractivity contribution in [2.24, 2.45) is 0 Å². The zero-order valence-corrected chi connectivity index (χ0v) is 10.9. The summed E-state index contributed by atoms with van der Waals surface area (Å²) in [4.78, 5) is 17.2. The van der Waals surface area contributed by atoms with Crippen molar-refractivity contribution in [2.45, 2.75) is 19.4 Å².